The van der Waals surface area contributed by atoms with Crippen molar-refractivity contribution in [1.29, 1.82) is 0 Å². The van der Waals surface area contributed by atoms with E-state index in [9.17, 15) is 0 Å². The van der Waals surface area contributed by atoms with Crippen LogP contribution in [0, 0.1) is 5.92 Å². The van der Waals surface area contributed by atoms with Crippen LogP contribution >= 0.6 is 24.0 Å². The van der Waals surface area contributed by atoms with Gasteiger partial charge >= 0.3 is 0 Å². The molecule has 2 bridgehead atoms. The normalized spacial score (nSPS) is 30.3. The van der Waals surface area contributed by atoms with Gasteiger partial charge in [0.05, 0.1) is 24.9 Å². The van der Waals surface area contributed by atoms with Crippen molar-refractivity contribution in [2.45, 2.75) is 57.3 Å². The maximum Gasteiger partial charge on any atom is 0.191 e. The van der Waals surface area contributed by atoms with Crippen LogP contribution in [0.1, 0.15) is 39.0 Å². The largest absolute Gasteiger partial charge is 0.383 e. The summed E-state index contributed by atoms with van der Waals surface area (Å²) in [6.07, 6.45) is 6.91. The topological polar surface area (TPSA) is 58.1 Å². The molecule has 6 nitrogen and oxygen atoms in total. The monoisotopic (exact) mass is 466 g/mol. The van der Waals surface area contributed by atoms with Crippen molar-refractivity contribution in [2.24, 2.45) is 10.9 Å². The fourth-order valence-electron chi connectivity index (χ4n) is 4.12. The van der Waals surface area contributed by atoms with Gasteiger partial charge in [0.1, 0.15) is 0 Å². The van der Waals surface area contributed by atoms with Crippen molar-refractivity contribution >= 4 is 29.9 Å². The number of nitrogens with zero attached hydrogens (tertiary/aromatic N) is 2. The lowest BCUT2D eigenvalue weighted by Crippen LogP contribution is -2.47. The average molecular weight is 466 g/mol. The second-order valence-corrected chi connectivity index (χ2v) is 7.36. The minimum absolute atomic E-state index is 0. The summed E-state index contributed by atoms with van der Waals surface area (Å²) in [5.41, 5.74) is 0. The van der Waals surface area contributed by atoms with Gasteiger partial charge in [-0.1, -0.05) is 0 Å². The Morgan fingerprint density at radius 1 is 1.24 bits per heavy atom. The summed E-state index contributed by atoms with van der Waals surface area (Å²) in [4.78, 5) is 7.37. The minimum atomic E-state index is 0. The molecule has 7 heteroatoms. The summed E-state index contributed by atoms with van der Waals surface area (Å²) in [6, 6.07) is 0.442. The van der Waals surface area contributed by atoms with E-state index in [1.165, 1.54) is 38.8 Å². The van der Waals surface area contributed by atoms with Gasteiger partial charge in [-0.05, 0) is 58.0 Å². The molecule has 0 aromatic rings. The Balaban J connectivity index is 0.00000225. The van der Waals surface area contributed by atoms with Gasteiger partial charge in [-0.3, -0.25) is 4.99 Å². The number of likely N-dealkylation sites (tertiary alicyclic amines) is 1. The van der Waals surface area contributed by atoms with Crippen molar-refractivity contribution < 1.29 is 9.47 Å². The van der Waals surface area contributed by atoms with Crippen LogP contribution in [0.2, 0.25) is 0 Å². The number of fused-ring (bicyclic) bond motifs is 2. The molecular weight excluding hydrogens is 431 g/mol. The van der Waals surface area contributed by atoms with Crippen LogP contribution in [0.15, 0.2) is 4.99 Å². The molecule has 3 atom stereocenters. The third-order valence-corrected chi connectivity index (χ3v) is 5.60. The first kappa shape index (κ1) is 21.2. The highest BCUT2D eigenvalue weighted by atomic mass is 127. The SMILES string of the molecule is CCNC(=NCC1CCN(CCOC)CC1)NC1CC2CCC1O2.I. The first-order valence-electron chi connectivity index (χ1n) is 9.70. The second-order valence-electron chi connectivity index (χ2n) is 7.36. The third-order valence-electron chi connectivity index (χ3n) is 5.60. The van der Waals surface area contributed by atoms with Gasteiger partial charge in [0, 0.05) is 26.7 Å². The fraction of sp³-hybridized carbons (Fsp3) is 0.944. The molecule has 0 aliphatic carbocycles. The number of aliphatic imine (C=N–C) groups is 1. The molecule has 3 saturated heterocycles. The molecule has 3 rings (SSSR count). The van der Waals surface area contributed by atoms with E-state index in [1.54, 1.807) is 7.11 Å². The van der Waals surface area contributed by atoms with E-state index >= 15 is 0 Å². The van der Waals surface area contributed by atoms with Crippen LogP contribution in [0.4, 0.5) is 0 Å². The van der Waals surface area contributed by atoms with Gasteiger partial charge in [-0.2, -0.15) is 0 Å². The molecule has 0 aromatic carbocycles. The van der Waals surface area contributed by atoms with Crippen molar-refractivity contribution in [3.63, 3.8) is 0 Å². The van der Waals surface area contributed by atoms with Crippen LogP contribution in [0.25, 0.3) is 0 Å². The highest BCUT2D eigenvalue weighted by molar-refractivity contribution is 14.0. The van der Waals surface area contributed by atoms with Gasteiger partial charge in [-0.25, -0.2) is 0 Å². The van der Waals surface area contributed by atoms with Crippen LogP contribution in [0.3, 0.4) is 0 Å². The Morgan fingerprint density at radius 2 is 2.04 bits per heavy atom. The molecule has 0 aromatic heterocycles. The summed E-state index contributed by atoms with van der Waals surface area (Å²) >= 11 is 0. The standard InChI is InChI=1S/C18H34N4O2.HI/c1-3-19-18(21-16-12-15-4-5-17(16)24-15)20-13-14-6-8-22(9-7-14)10-11-23-2;/h14-17H,3-13H2,1-2H3,(H2,19,20,21);1H. The summed E-state index contributed by atoms with van der Waals surface area (Å²) in [5, 5.41) is 7.01. The molecule has 3 unspecified atom stereocenters. The summed E-state index contributed by atoms with van der Waals surface area (Å²) in [5.74, 6) is 1.68. The van der Waals surface area contributed by atoms with Crippen molar-refractivity contribution in [1.82, 2.24) is 15.5 Å². The van der Waals surface area contributed by atoms with Crippen molar-refractivity contribution in [2.75, 3.05) is 46.4 Å². The zero-order chi connectivity index (χ0) is 16.8. The Hall–Kier alpha value is -0.120. The van der Waals surface area contributed by atoms with E-state index < -0.39 is 0 Å². The number of guanidine groups is 1. The zero-order valence-corrected chi connectivity index (χ0v) is 18.0. The maximum absolute atomic E-state index is 5.94. The van der Waals surface area contributed by atoms with E-state index in [2.05, 4.69) is 22.5 Å². The molecule has 3 fully saturated rings. The number of ether oxygens (including phenoxy) is 2. The quantitative estimate of drug-likeness (QED) is 0.341. The second kappa shape index (κ2) is 10.9. The highest BCUT2D eigenvalue weighted by Crippen LogP contribution is 2.34. The van der Waals surface area contributed by atoms with Crippen molar-refractivity contribution in [3.8, 4) is 0 Å². The molecule has 25 heavy (non-hydrogen) atoms. The van der Waals surface area contributed by atoms with E-state index in [1.807, 2.05) is 0 Å². The van der Waals surface area contributed by atoms with Gasteiger partial charge in [0.2, 0.25) is 0 Å². The Morgan fingerprint density at radius 3 is 2.64 bits per heavy atom. The lowest BCUT2D eigenvalue weighted by atomic mass is 9.95. The maximum atomic E-state index is 5.94. The minimum Gasteiger partial charge on any atom is -0.383 e. The first-order chi connectivity index (χ1) is 11.8. The molecule has 0 amide bonds. The smallest absolute Gasteiger partial charge is 0.191 e. The number of piperidine rings is 1. The number of nitrogens with one attached hydrogen (secondary N) is 2. The molecule has 3 heterocycles. The fourth-order valence-corrected chi connectivity index (χ4v) is 4.12. The third kappa shape index (κ3) is 6.22. The molecule has 3 aliphatic heterocycles. The molecule has 2 N–H and O–H groups in total. The van der Waals surface area contributed by atoms with Gasteiger partial charge < -0.3 is 25.0 Å². The number of halogens is 1. The van der Waals surface area contributed by atoms with Crippen LogP contribution in [-0.2, 0) is 9.47 Å². The predicted molar refractivity (Wildman–Crippen MR) is 112 cm³/mol. The lowest BCUT2D eigenvalue weighted by Gasteiger charge is -2.31. The van der Waals surface area contributed by atoms with Crippen molar-refractivity contribution in [3.05, 3.63) is 0 Å². The number of methoxy groups -OCH3 is 1. The van der Waals surface area contributed by atoms with Gasteiger partial charge in [0.25, 0.3) is 0 Å². The lowest BCUT2D eigenvalue weighted by molar-refractivity contribution is 0.0992. The van der Waals surface area contributed by atoms with Gasteiger partial charge in [-0.15, -0.1) is 24.0 Å². The molecule has 0 saturated carbocycles. The molecule has 0 radical (unpaired) electrons. The summed E-state index contributed by atoms with van der Waals surface area (Å²) in [6.45, 7) is 8.20. The van der Waals surface area contributed by atoms with Gasteiger partial charge in [0.15, 0.2) is 5.96 Å². The predicted octanol–water partition coefficient (Wildman–Crippen LogP) is 1.84. The molecular formula is C18H35IN4O2. The summed E-state index contributed by atoms with van der Waals surface area (Å²) < 4.78 is 11.1. The number of hydrogen-bond donors (Lipinski definition) is 2. The molecule has 3 aliphatic rings. The first-order valence-corrected chi connectivity index (χ1v) is 9.70. The Kier molecular flexibility index (Phi) is 9.23. The average Bonchev–Trinajstić information content (AvgIpc) is 3.22. The molecule has 146 valence electrons. The number of hydrogen-bond acceptors (Lipinski definition) is 4. The van der Waals surface area contributed by atoms with E-state index in [0.29, 0.717) is 24.2 Å². The molecule has 0 spiro atoms. The Bertz CT molecular complexity index is 416. The van der Waals surface area contributed by atoms with Crippen LogP contribution < -0.4 is 10.6 Å². The van der Waals surface area contributed by atoms with Crippen LogP contribution in [0.5, 0.6) is 0 Å². The van der Waals surface area contributed by atoms with Crippen LogP contribution in [-0.4, -0.2) is 75.5 Å². The van der Waals surface area contributed by atoms with E-state index in [-0.39, 0.29) is 24.0 Å². The number of rotatable bonds is 7. The highest BCUT2D eigenvalue weighted by Gasteiger charge is 2.41. The zero-order valence-electron chi connectivity index (χ0n) is 15.7. The summed E-state index contributed by atoms with van der Waals surface area (Å²) in [7, 11) is 1.78. The van der Waals surface area contributed by atoms with E-state index in [0.717, 1.165) is 38.6 Å². The van der Waals surface area contributed by atoms with E-state index in [4.69, 9.17) is 14.5 Å². The Labute approximate surface area is 169 Å².